The molecule has 0 aliphatic rings. The molecule has 0 bridgehead atoms. The predicted molar refractivity (Wildman–Crippen MR) is 61.5 cm³/mol. The van der Waals surface area contributed by atoms with Crippen molar-refractivity contribution in [3.63, 3.8) is 0 Å². The lowest BCUT2D eigenvalue weighted by atomic mass is 9.95. The number of rotatable bonds is 4. The number of hydrogen-bond donors (Lipinski definition) is 0. The van der Waals surface area contributed by atoms with Gasteiger partial charge >= 0.3 is 5.97 Å². The van der Waals surface area contributed by atoms with Crippen molar-refractivity contribution in [3.05, 3.63) is 34.6 Å². The van der Waals surface area contributed by atoms with Gasteiger partial charge in [0.2, 0.25) is 0 Å². The molecule has 0 amide bonds. The van der Waals surface area contributed by atoms with Crippen LogP contribution in [-0.2, 0) is 9.53 Å². The summed E-state index contributed by atoms with van der Waals surface area (Å²) in [5.41, 5.74) is -0.185. The van der Waals surface area contributed by atoms with Gasteiger partial charge in [0.05, 0.1) is 12.7 Å². The monoisotopic (exact) mass is 258 g/mol. The van der Waals surface area contributed by atoms with Crippen LogP contribution >= 0.6 is 11.6 Å². The molecule has 92 valence electrons. The number of benzene rings is 1. The van der Waals surface area contributed by atoms with Crippen LogP contribution in [0, 0.1) is 11.7 Å². The van der Waals surface area contributed by atoms with Gasteiger partial charge in [0.15, 0.2) is 5.78 Å². The lowest BCUT2D eigenvalue weighted by molar-refractivity contribution is -0.143. The molecule has 0 radical (unpaired) electrons. The number of methoxy groups -OCH3 is 1. The second-order valence-electron chi connectivity index (χ2n) is 3.47. The number of carbonyl (C=O) groups is 2. The minimum Gasteiger partial charge on any atom is -0.468 e. The van der Waals surface area contributed by atoms with Crippen molar-refractivity contribution in [2.75, 3.05) is 7.11 Å². The Labute approximate surface area is 104 Å². The first-order valence-electron chi connectivity index (χ1n) is 5.08. The maximum Gasteiger partial charge on any atom is 0.316 e. The van der Waals surface area contributed by atoms with Gasteiger partial charge in [-0.3, -0.25) is 9.59 Å². The summed E-state index contributed by atoms with van der Waals surface area (Å²) in [5, 5.41) is 0.245. The summed E-state index contributed by atoms with van der Waals surface area (Å²) in [6.45, 7) is 1.65. The van der Waals surface area contributed by atoms with Crippen LogP contribution in [0.5, 0.6) is 0 Å². The van der Waals surface area contributed by atoms with Gasteiger partial charge in [-0.05, 0) is 24.6 Å². The largest absolute Gasteiger partial charge is 0.468 e. The van der Waals surface area contributed by atoms with Gasteiger partial charge < -0.3 is 4.74 Å². The fraction of sp³-hybridized carbons (Fsp3) is 0.333. The molecule has 5 heteroatoms. The van der Waals surface area contributed by atoms with E-state index < -0.39 is 23.5 Å². The van der Waals surface area contributed by atoms with Crippen molar-refractivity contribution in [1.29, 1.82) is 0 Å². The first kappa shape index (κ1) is 13.6. The van der Waals surface area contributed by atoms with E-state index in [0.29, 0.717) is 0 Å². The van der Waals surface area contributed by atoms with E-state index in [1.165, 1.54) is 19.2 Å². The molecule has 0 aliphatic carbocycles. The molecule has 0 N–H and O–H groups in total. The molecule has 0 saturated heterocycles. The van der Waals surface area contributed by atoms with Crippen molar-refractivity contribution in [1.82, 2.24) is 0 Å². The zero-order chi connectivity index (χ0) is 13.0. The number of halogens is 2. The van der Waals surface area contributed by atoms with Gasteiger partial charge in [-0.25, -0.2) is 4.39 Å². The maximum atomic E-state index is 13.5. The highest BCUT2D eigenvalue weighted by atomic mass is 35.5. The van der Waals surface area contributed by atoms with Gasteiger partial charge in [0.1, 0.15) is 11.7 Å². The highest BCUT2D eigenvalue weighted by molar-refractivity contribution is 6.31. The maximum absolute atomic E-state index is 13.5. The average molecular weight is 259 g/mol. The van der Waals surface area contributed by atoms with E-state index in [9.17, 15) is 14.0 Å². The summed E-state index contributed by atoms with van der Waals surface area (Å²) in [6.07, 6.45) is 0.247. The van der Waals surface area contributed by atoms with E-state index in [-0.39, 0.29) is 17.0 Å². The number of ether oxygens (including phenoxy) is 1. The highest BCUT2D eigenvalue weighted by Crippen LogP contribution is 2.20. The number of carbonyl (C=O) groups excluding carboxylic acids is 2. The van der Waals surface area contributed by atoms with Crippen LogP contribution in [0.15, 0.2) is 18.2 Å². The van der Waals surface area contributed by atoms with Crippen molar-refractivity contribution >= 4 is 23.4 Å². The summed E-state index contributed by atoms with van der Waals surface area (Å²) < 4.78 is 18.0. The van der Waals surface area contributed by atoms with E-state index >= 15 is 0 Å². The summed E-state index contributed by atoms with van der Waals surface area (Å²) in [7, 11) is 1.19. The molecule has 0 fully saturated rings. The van der Waals surface area contributed by atoms with Gasteiger partial charge in [0, 0.05) is 5.02 Å². The molecule has 0 aromatic heterocycles. The molecule has 0 aliphatic heterocycles. The molecular formula is C12H12ClFO3. The quantitative estimate of drug-likeness (QED) is 0.474. The summed E-state index contributed by atoms with van der Waals surface area (Å²) in [4.78, 5) is 23.3. The van der Waals surface area contributed by atoms with Crippen molar-refractivity contribution in [2.24, 2.45) is 5.92 Å². The van der Waals surface area contributed by atoms with Crippen LogP contribution in [0.4, 0.5) is 4.39 Å². The number of hydrogen-bond acceptors (Lipinski definition) is 3. The van der Waals surface area contributed by atoms with Crippen LogP contribution in [0.1, 0.15) is 23.7 Å². The fourth-order valence-electron chi connectivity index (χ4n) is 1.48. The molecule has 0 spiro atoms. The Morgan fingerprint density at radius 3 is 2.65 bits per heavy atom. The molecule has 1 atom stereocenters. The normalized spacial score (nSPS) is 12.0. The molecule has 1 unspecified atom stereocenters. The molecule has 1 aromatic rings. The summed E-state index contributed by atoms with van der Waals surface area (Å²) >= 11 is 5.69. The summed E-state index contributed by atoms with van der Waals surface area (Å²) in [5.74, 6) is -2.97. The zero-order valence-electron chi connectivity index (χ0n) is 9.50. The molecule has 17 heavy (non-hydrogen) atoms. The van der Waals surface area contributed by atoms with Gasteiger partial charge in [-0.1, -0.05) is 18.5 Å². The minimum atomic E-state index is -0.993. The molecule has 1 aromatic carbocycles. The van der Waals surface area contributed by atoms with E-state index in [0.717, 1.165) is 6.07 Å². The molecule has 0 saturated carbocycles. The Bertz CT molecular complexity index is 445. The standard InChI is InChI=1S/C12H12ClFO3/c1-3-8(12(16)17-2)11(15)9-6-7(13)4-5-10(9)14/h4-6,8H,3H2,1-2H3. The van der Waals surface area contributed by atoms with E-state index in [2.05, 4.69) is 4.74 Å². The number of esters is 1. The zero-order valence-corrected chi connectivity index (χ0v) is 10.3. The lowest BCUT2D eigenvalue weighted by Gasteiger charge is -2.11. The van der Waals surface area contributed by atoms with E-state index in [1.807, 2.05) is 0 Å². The van der Waals surface area contributed by atoms with Gasteiger partial charge in [-0.15, -0.1) is 0 Å². The van der Waals surface area contributed by atoms with Crippen LogP contribution in [0.2, 0.25) is 5.02 Å². The Balaban J connectivity index is 3.10. The lowest BCUT2D eigenvalue weighted by Crippen LogP contribution is -2.25. The van der Waals surface area contributed by atoms with Gasteiger partial charge in [0.25, 0.3) is 0 Å². The smallest absolute Gasteiger partial charge is 0.316 e. The van der Waals surface area contributed by atoms with Gasteiger partial charge in [-0.2, -0.15) is 0 Å². The average Bonchev–Trinajstić information content (AvgIpc) is 2.32. The Hall–Kier alpha value is -1.42. The number of ketones is 1. The SMILES string of the molecule is CCC(C(=O)OC)C(=O)c1cc(Cl)ccc1F. The second-order valence-corrected chi connectivity index (χ2v) is 3.91. The van der Waals surface area contributed by atoms with Crippen LogP contribution < -0.4 is 0 Å². The third kappa shape index (κ3) is 3.03. The van der Waals surface area contributed by atoms with Crippen LogP contribution in [0.25, 0.3) is 0 Å². The first-order chi connectivity index (χ1) is 8.01. The molecule has 0 heterocycles. The fourth-order valence-corrected chi connectivity index (χ4v) is 1.65. The second kappa shape index (κ2) is 5.77. The number of Topliss-reactive ketones (excluding diaryl/α,β-unsaturated/α-hetero) is 1. The molecular weight excluding hydrogens is 247 g/mol. The molecule has 1 rings (SSSR count). The first-order valence-corrected chi connectivity index (χ1v) is 5.46. The van der Waals surface area contributed by atoms with E-state index in [1.54, 1.807) is 6.92 Å². The predicted octanol–water partition coefficient (Wildman–Crippen LogP) is 2.86. The van der Waals surface area contributed by atoms with Crippen molar-refractivity contribution in [2.45, 2.75) is 13.3 Å². The summed E-state index contributed by atoms with van der Waals surface area (Å²) in [6, 6.07) is 3.65. The van der Waals surface area contributed by atoms with Crippen molar-refractivity contribution < 1.29 is 18.7 Å². The Morgan fingerprint density at radius 1 is 1.47 bits per heavy atom. The topological polar surface area (TPSA) is 43.4 Å². The van der Waals surface area contributed by atoms with Crippen LogP contribution in [-0.4, -0.2) is 18.9 Å². The minimum absolute atomic E-state index is 0.185. The van der Waals surface area contributed by atoms with Crippen molar-refractivity contribution in [3.8, 4) is 0 Å². The van der Waals surface area contributed by atoms with Crippen LogP contribution in [0.3, 0.4) is 0 Å². The third-order valence-corrected chi connectivity index (χ3v) is 2.64. The highest BCUT2D eigenvalue weighted by Gasteiger charge is 2.28. The Morgan fingerprint density at radius 2 is 2.12 bits per heavy atom. The van der Waals surface area contributed by atoms with E-state index in [4.69, 9.17) is 11.6 Å². The third-order valence-electron chi connectivity index (χ3n) is 2.40. The molecule has 3 nitrogen and oxygen atoms in total. The Kier molecular flexibility index (Phi) is 4.63.